The van der Waals surface area contributed by atoms with Gasteiger partial charge in [0.1, 0.15) is 6.04 Å². The van der Waals surface area contributed by atoms with Crippen LogP contribution in [0.4, 0.5) is 5.95 Å². The summed E-state index contributed by atoms with van der Waals surface area (Å²) in [5.41, 5.74) is 0. The monoisotopic (exact) mass is 278 g/mol. The van der Waals surface area contributed by atoms with Gasteiger partial charge >= 0.3 is 0 Å². The molecule has 2 N–H and O–H groups in total. The number of nitrogens with zero attached hydrogens (tertiary/aromatic N) is 4. The minimum atomic E-state index is -0.846. The normalized spacial score (nSPS) is 30.0. The number of β-amino-alcohol motifs (C(OH)–C–C–N with tert-alkyl or cyclic N) is 2. The van der Waals surface area contributed by atoms with Crippen LogP contribution in [0.15, 0.2) is 18.5 Å². The van der Waals surface area contributed by atoms with Gasteiger partial charge in [0.25, 0.3) is 0 Å². The molecule has 2 aliphatic rings. The third-order valence-electron chi connectivity index (χ3n) is 3.92. The lowest BCUT2D eigenvalue weighted by atomic mass is 10.2. The van der Waals surface area contributed by atoms with E-state index in [2.05, 4.69) is 9.97 Å². The molecule has 0 saturated carbocycles. The summed E-state index contributed by atoms with van der Waals surface area (Å²) in [6.45, 7) is 1.14. The quantitative estimate of drug-likeness (QED) is 0.722. The Hall–Kier alpha value is -1.73. The molecule has 0 bridgehead atoms. The molecule has 1 aromatic heterocycles. The van der Waals surface area contributed by atoms with Gasteiger partial charge in [0.05, 0.1) is 12.2 Å². The minimum absolute atomic E-state index is 0.0643. The van der Waals surface area contributed by atoms with Crippen molar-refractivity contribution in [2.24, 2.45) is 0 Å². The average Bonchev–Trinajstić information content (AvgIpc) is 3.07. The molecule has 3 heterocycles. The van der Waals surface area contributed by atoms with Crippen LogP contribution in [0.25, 0.3) is 0 Å². The first kappa shape index (κ1) is 13.3. The van der Waals surface area contributed by atoms with Gasteiger partial charge in [-0.25, -0.2) is 9.97 Å². The molecule has 3 rings (SSSR count). The molecular weight excluding hydrogens is 260 g/mol. The second-order valence-electron chi connectivity index (χ2n) is 5.28. The van der Waals surface area contributed by atoms with E-state index in [-0.39, 0.29) is 25.0 Å². The van der Waals surface area contributed by atoms with Crippen molar-refractivity contribution in [2.75, 3.05) is 24.5 Å². The van der Waals surface area contributed by atoms with Crippen LogP contribution in [0.5, 0.6) is 0 Å². The van der Waals surface area contributed by atoms with Gasteiger partial charge in [0.15, 0.2) is 0 Å². The van der Waals surface area contributed by atoms with Crippen LogP contribution in [0, 0.1) is 0 Å². The molecule has 2 saturated heterocycles. The first-order valence-corrected chi connectivity index (χ1v) is 6.85. The SMILES string of the molecule is O=C(C1CCCN1c1ncccn1)N1CC(O)C(O)C1. The summed E-state index contributed by atoms with van der Waals surface area (Å²) in [6.07, 6.45) is 3.29. The Morgan fingerprint density at radius 2 is 1.85 bits per heavy atom. The fourth-order valence-electron chi connectivity index (χ4n) is 2.86. The lowest BCUT2D eigenvalue weighted by Gasteiger charge is -2.27. The van der Waals surface area contributed by atoms with Crippen molar-refractivity contribution in [3.8, 4) is 0 Å². The zero-order valence-corrected chi connectivity index (χ0v) is 11.1. The molecular formula is C13H18N4O3. The number of hydrogen-bond acceptors (Lipinski definition) is 6. The van der Waals surface area contributed by atoms with Gasteiger partial charge in [-0.15, -0.1) is 0 Å². The number of carbonyl (C=O) groups excluding carboxylic acids is 1. The van der Waals surface area contributed by atoms with Gasteiger partial charge in [0.2, 0.25) is 11.9 Å². The van der Waals surface area contributed by atoms with Gasteiger partial charge in [-0.3, -0.25) is 4.79 Å². The molecule has 7 nitrogen and oxygen atoms in total. The summed E-state index contributed by atoms with van der Waals surface area (Å²) in [4.78, 5) is 24.4. The maximum absolute atomic E-state index is 12.5. The standard InChI is InChI=1S/C13H18N4O3/c18-10-7-16(8-11(10)19)12(20)9-3-1-6-17(9)13-14-4-2-5-15-13/h2,4-5,9-11,18-19H,1,3,6-8H2. The number of amides is 1. The summed E-state index contributed by atoms with van der Waals surface area (Å²) < 4.78 is 0. The van der Waals surface area contributed by atoms with E-state index in [1.807, 2.05) is 4.90 Å². The Labute approximate surface area is 116 Å². The largest absolute Gasteiger partial charge is 0.388 e. The molecule has 0 aliphatic carbocycles. The zero-order valence-electron chi connectivity index (χ0n) is 11.1. The number of likely N-dealkylation sites (tertiary alicyclic amines) is 1. The Morgan fingerprint density at radius 3 is 2.50 bits per heavy atom. The summed E-state index contributed by atoms with van der Waals surface area (Å²) in [7, 11) is 0. The average molecular weight is 278 g/mol. The highest BCUT2D eigenvalue weighted by atomic mass is 16.3. The molecule has 0 radical (unpaired) electrons. The summed E-state index contributed by atoms with van der Waals surface area (Å²) in [5.74, 6) is 0.495. The third-order valence-corrected chi connectivity index (χ3v) is 3.92. The van der Waals surface area contributed by atoms with Gasteiger partial charge in [-0.05, 0) is 18.9 Å². The fraction of sp³-hybridized carbons (Fsp3) is 0.615. The van der Waals surface area contributed by atoms with Crippen molar-refractivity contribution in [1.82, 2.24) is 14.9 Å². The number of aliphatic hydroxyl groups excluding tert-OH is 2. The Morgan fingerprint density at radius 1 is 1.20 bits per heavy atom. The summed E-state index contributed by atoms with van der Waals surface area (Å²) in [5, 5.41) is 19.1. The number of aliphatic hydroxyl groups is 2. The van der Waals surface area contributed by atoms with Crippen LogP contribution >= 0.6 is 0 Å². The first-order valence-electron chi connectivity index (χ1n) is 6.85. The number of hydrogen-bond donors (Lipinski definition) is 2. The Kier molecular flexibility index (Phi) is 3.54. The molecule has 2 aliphatic heterocycles. The lowest BCUT2D eigenvalue weighted by molar-refractivity contribution is -0.131. The fourth-order valence-corrected chi connectivity index (χ4v) is 2.86. The topological polar surface area (TPSA) is 89.8 Å². The van der Waals surface area contributed by atoms with Crippen molar-refractivity contribution >= 4 is 11.9 Å². The maximum Gasteiger partial charge on any atom is 0.245 e. The molecule has 108 valence electrons. The van der Waals surface area contributed by atoms with Gasteiger partial charge in [0, 0.05) is 32.0 Å². The number of rotatable bonds is 2. The van der Waals surface area contributed by atoms with Gasteiger partial charge in [-0.2, -0.15) is 0 Å². The van der Waals surface area contributed by atoms with E-state index in [0.29, 0.717) is 5.95 Å². The highest BCUT2D eigenvalue weighted by Crippen LogP contribution is 2.24. The number of aromatic nitrogens is 2. The van der Waals surface area contributed by atoms with Crippen LogP contribution in [0.2, 0.25) is 0 Å². The van der Waals surface area contributed by atoms with Crippen LogP contribution in [0.3, 0.4) is 0 Å². The van der Waals surface area contributed by atoms with E-state index in [1.54, 1.807) is 18.5 Å². The predicted octanol–water partition coefficient (Wildman–Crippen LogP) is -0.991. The van der Waals surface area contributed by atoms with E-state index >= 15 is 0 Å². The van der Waals surface area contributed by atoms with E-state index in [4.69, 9.17) is 0 Å². The minimum Gasteiger partial charge on any atom is -0.388 e. The van der Waals surface area contributed by atoms with Crippen molar-refractivity contribution in [1.29, 1.82) is 0 Å². The van der Waals surface area contributed by atoms with E-state index in [1.165, 1.54) is 4.90 Å². The van der Waals surface area contributed by atoms with Crippen molar-refractivity contribution in [3.05, 3.63) is 18.5 Å². The van der Waals surface area contributed by atoms with E-state index in [0.717, 1.165) is 19.4 Å². The molecule has 0 aromatic carbocycles. The van der Waals surface area contributed by atoms with E-state index < -0.39 is 12.2 Å². The third kappa shape index (κ3) is 2.34. The maximum atomic E-state index is 12.5. The van der Waals surface area contributed by atoms with Crippen molar-refractivity contribution in [3.63, 3.8) is 0 Å². The molecule has 3 unspecified atom stereocenters. The van der Waals surface area contributed by atoms with Crippen LogP contribution in [0.1, 0.15) is 12.8 Å². The predicted molar refractivity (Wildman–Crippen MR) is 71.0 cm³/mol. The summed E-state index contributed by atoms with van der Waals surface area (Å²) in [6, 6.07) is 1.44. The molecule has 20 heavy (non-hydrogen) atoms. The second kappa shape index (κ2) is 5.34. The Bertz CT molecular complexity index is 474. The summed E-state index contributed by atoms with van der Waals surface area (Å²) >= 11 is 0. The molecule has 1 amide bonds. The number of carbonyl (C=O) groups is 1. The van der Waals surface area contributed by atoms with Crippen LogP contribution < -0.4 is 4.90 Å². The second-order valence-corrected chi connectivity index (χ2v) is 5.28. The van der Waals surface area contributed by atoms with E-state index in [9.17, 15) is 15.0 Å². The zero-order chi connectivity index (χ0) is 14.1. The number of anilines is 1. The first-order chi connectivity index (χ1) is 9.66. The molecule has 2 fully saturated rings. The molecule has 1 aromatic rings. The Balaban J connectivity index is 1.74. The van der Waals surface area contributed by atoms with Crippen molar-refractivity contribution < 1.29 is 15.0 Å². The molecule has 3 atom stereocenters. The van der Waals surface area contributed by atoms with Crippen LogP contribution in [-0.4, -0.2) is 68.9 Å². The van der Waals surface area contributed by atoms with Crippen LogP contribution in [-0.2, 0) is 4.79 Å². The molecule has 0 spiro atoms. The molecule has 7 heteroatoms. The van der Waals surface area contributed by atoms with Crippen molar-refractivity contribution in [2.45, 2.75) is 31.1 Å². The van der Waals surface area contributed by atoms with Gasteiger partial charge < -0.3 is 20.0 Å². The smallest absolute Gasteiger partial charge is 0.245 e. The van der Waals surface area contributed by atoms with Gasteiger partial charge in [-0.1, -0.05) is 0 Å². The highest BCUT2D eigenvalue weighted by Gasteiger charge is 2.40. The highest BCUT2D eigenvalue weighted by molar-refractivity contribution is 5.85. The lowest BCUT2D eigenvalue weighted by Crippen LogP contribution is -2.46.